The Morgan fingerprint density at radius 2 is 1.51 bits per heavy atom. The molecule has 1 aliphatic rings. The van der Waals surface area contributed by atoms with E-state index in [4.69, 9.17) is 12.2 Å². The number of nitrogens with one attached hydrogen (secondary N) is 1. The zero-order valence-electron chi connectivity index (χ0n) is 19.1. The van der Waals surface area contributed by atoms with Crippen LogP contribution in [0.2, 0.25) is 0 Å². The van der Waals surface area contributed by atoms with Gasteiger partial charge in [0.15, 0.2) is 5.11 Å². The maximum atomic E-state index is 13.4. The Morgan fingerprint density at radius 3 is 2.22 bits per heavy atom. The van der Waals surface area contributed by atoms with Crippen molar-refractivity contribution >= 4 is 33.8 Å². The topological polar surface area (TPSA) is 28.2 Å². The van der Waals surface area contributed by atoms with E-state index >= 15 is 0 Å². The lowest BCUT2D eigenvalue weighted by atomic mass is 9.89. The first kappa shape index (κ1) is 25.0. The highest BCUT2D eigenvalue weighted by Crippen LogP contribution is 2.40. The van der Waals surface area contributed by atoms with Crippen LogP contribution in [-0.2, 0) is 18.8 Å². The Balaban J connectivity index is 1.58. The average Bonchev–Trinajstić information content (AvgIpc) is 2.86. The molecular formula is C27H19F6N3S. The number of hydrogen-bond donors (Lipinski definition) is 1. The Kier molecular flexibility index (Phi) is 6.31. The quantitative estimate of drug-likeness (QED) is 0.213. The van der Waals surface area contributed by atoms with E-state index in [0.29, 0.717) is 30.8 Å². The highest BCUT2D eigenvalue weighted by atomic mass is 32.1. The van der Waals surface area contributed by atoms with Crippen molar-refractivity contribution in [1.82, 2.24) is 9.88 Å². The molecule has 37 heavy (non-hydrogen) atoms. The largest absolute Gasteiger partial charge is 0.416 e. The van der Waals surface area contributed by atoms with E-state index in [0.717, 1.165) is 21.9 Å². The molecule has 0 saturated carbocycles. The SMILES string of the molecule is FC(F)(F)c1cc(NC(=S)N2CCc3ccccc3C2c2nccc3ccccc23)cc(C(F)(F)F)c1. The van der Waals surface area contributed by atoms with Crippen molar-refractivity contribution in [1.29, 1.82) is 0 Å². The number of thiocarbonyl (C=S) groups is 1. The summed E-state index contributed by atoms with van der Waals surface area (Å²) in [6, 6.07) is 18.1. The van der Waals surface area contributed by atoms with Crippen LogP contribution in [-0.4, -0.2) is 21.5 Å². The van der Waals surface area contributed by atoms with Crippen LogP contribution in [0.1, 0.15) is 34.0 Å². The van der Waals surface area contributed by atoms with E-state index in [1.165, 1.54) is 0 Å². The minimum Gasteiger partial charge on any atom is -0.336 e. The van der Waals surface area contributed by atoms with Gasteiger partial charge >= 0.3 is 12.4 Å². The van der Waals surface area contributed by atoms with E-state index < -0.39 is 35.2 Å². The van der Waals surface area contributed by atoms with Gasteiger partial charge in [0, 0.05) is 23.8 Å². The predicted molar refractivity (Wildman–Crippen MR) is 133 cm³/mol. The molecule has 4 aromatic rings. The van der Waals surface area contributed by atoms with Crippen LogP contribution >= 0.6 is 12.2 Å². The first-order valence-electron chi connectivity index (χ1n) is 11.3. The molecule has 1 N–H and O–H groups in total. The standard InChI is InChI=1S/C27H19F6N3S/c28-26(29,30)18-13-19(27(31,32)33)15-20(14-18)35-25(37)36-12-10-17-6-2-4-8-22(17)24(36)23-21-7-3-1-5-16(21)9-11-34-23/h1-9,11,13-15,24H,10,12H2,(H,35,37). The third-order valence-electron chi connectivity index (χ3n) is 6.35. The summed E-state index contributed by atoms with van der Waals surface area (Å²) in [6.07, 6.45) is -7.65. The van der Waals surface area contributed by atoms with E-state index in [1.54, 1.807) is 11.1 Å². The summed E-state index contributed by atoms with van der Waals surface area (Å²) in [5, 5.41) is 4.47. The fraction of sp³-hybridized carbons (Fsp3) is 0.185. The molecule has 1 unspecified atom stereocenters. The molecule has 2 heterocycles. The van der Waals surface area contributed by atoms with E-state index in [2.05, 4.69) is 10.3 Å². The van der Waals surface area contributed by atoms with Crippen LogP contribution in [0.4, 0.5) is 32.0 Å². The highest BCUT2D eigenvalue weighted by Gasteiger charge is 2.38. The lowest BCUT2D eigenvalue weighted by molar-refractivity contribution is -0.143. The summed E-state index contributed by atoms with van der Waals surface area (Å²) in [4.78, 5) is 6.40. The lowest BCUT2D eigenvalue weighted by Gasteiger charge is -2.39. The highest BCUT2D eigenvalue weighted by molar-refractivity contribution is 7.80. The van der Waals surface area contributed by atoms with Crippen molar-refractivity contribution < 1.29 is 26.3 Å². The third-order valence-corrected chi connectivity index (χ3v) is 6.68. The Hall–Kier alpha value is -3.66. The number of halogens is 6. The van der Waals surface area contributed by atoms with Gasteiger partial charge in [-0.05, 0) is 59.4 Å². The van der Waals surface area contributed by atoms with Crippen LogP contribution in [0.5, 0.6) is 0 Å². The minimum absolute atomic E-state index is 0.00156. The molecule has 3 nitrogen and oxygen atoms in total. The first-order chi connectivity index (χ1) is 17.5. The van der Waals surface area contributed by atoms with E-state index in [1.807, 2.05) is 54.6 Å². The Morgan fingerprint density at radius 1 is 0.865 bits per heavy atom. The molecule has 190 valence electrons. The van der Waals surface area contributed by atoms with Crippen molar-refractivity contribution in [3.05, 3.63) is 107 Å². The molecule has 0 amide bonds. The molecule has 0 spiro atoms. The first-order valence-corrected chi connectivity index (χ1v) is 11.7. The number of anilines is 1. The van der Waals surface area contributed by atoms with Gasteiger partial charge in [-0.1, -0.05) is 48.5 Å². The second-order valence-corrected chi connectivity index (χ2v) is 9.07. The zero-order valence-corrected chi connectivity index (χ0v) is 19.9. The molecular weight excluding hydrogens is 512 g/mol. The van der Waals surface area contributed by atoms with E-state index in [-0.39, 0.29) is 11.2 Å². The van der Waals surface area contributed by atoms with Crippen molar-refractivity contribution in [3.63, 3.8) is 0 Å². The van der Waals surface area contributed by atoms with Gasteiger partial charge in [0.25, 0.3) is 0 Å². The number of aromatic nitrogens is 1. The summed E-state index contributed by atoms with van der Waals surface area (Å²) in [6.45, 7) is 0.392. The summed E-state index contributed by atoms with van der Waals surface area (Å²) in [7, 11) is 0. The summed E-state index contributed by atoms with van der Waals surface area (Å²) in [5.74, 6) is 0. The molecule has 1 aliphatic heterocycles. The minimum atomic E-state index is -4.96. The number of benzene rings is 3. The maximum absolute atomic E-state index is 13.4. The summed E-state index contributed by atoms with van der Waals surface area (Å²) < 4.78 is 80.3. The zero-order chi connectivity index (χ0) is 26.4. The van der Waals surface area contributed by atoms with Crippen molar-refractivity contribution in [2.24, 2.45) is 0 Å². The molecule has 1 aromatic heterocycles. The van der Waals surface area contributed by atoms with Gasteiger partial charge in [0.1, 0.15) is 0 Å². The second-order valence-electron chi connectivity index (χ2n) is 8.69. The fourth-order valence-corrected chi connectivity index (χ4v) is 4.98. The molecule has 0 radical (unpaired) electrons. The maximum Gasteiger partial charge on any atom is 0.416 e. The molecule has 0 fully saturated rings. The molecule has 0 aliphatic carbocycles. The Labute approximate surface area is 213 Å². The number of rotatable bonds is 2. The third kappa shape index (κ3) is 4.98. The van der Waals surface area contributed by atoms with Crippen LogP contribution in [0.15, 0.2) is 79.0 Å². The van der Waals surface area contributed by atoms with Crippen LogP contribution in [0, 0.1) is 0 Å². The molecule has 3 aromatic carbocycles. The van der Waals surface area contributed by atoms with Crippen molar-refractivity contribution in [3.8, 4) is 0 Å². The summed E-state index contributed by atoms with van der Waals surface area (Å²) >= 11 is 5.58. The van der Waals surface area contributed by atoms with Crippen LogP contribution in [0.25, 0.3) is 10.8 Å². The van der Waals surface area contributed by atoms with Gasteiger partial charge in [0.2, 0.25) is 0 Å². The monoisotopic (exact) mass is 531 g/mol. The molecule has 0 saturated heterocycles. The van der Waals surface area contributed by atoms with Crippen molar-refractivity contribution in [2.75, 3.05) is 11.9 Å². The molecule has 10 heteroatoms. The van der Waals surface area contributed by atoms with Gasteiger partial charge < -0.3 is 10.2 Å². The number of fused-ring (bicyclic) bond motifs is 2. The summed E-state index contributed by atoms with van der Waals surface area (Å²) in [5.41, 5.74) is -0.542. The van der Waals surface area contributed by atoms with E-state index in [9.17, 15) is 26.3 Å². The molecule has 0 bridgehead atoms. The van der Waals surface area contributed by atoms with Crippen molar-refractivity contribution in [2.45, 2.75) is 24.8 Å². The van der Waals surface area contributed by atoms with Gasteiger partial charge in [-0.3, -0.25) is 4.98 Å². The van der Waals surface area contributed by atoms with Gasteiger partial charge in [-0.2, -0.15) is 26.3 Å². The normalized spacial score (nSPS) is 15.9. The fourth-order valence-electron chi connectivity index (χ4n) is 4.66. The predicted octanol–water partition coefficient (Wildman–Crippen LogP) is 7.62. The Bertz CT molecular complexity index is 1440. The van der Waals surface area contributed by atoms with Crippen LogP contribution < -0.4 is 5.32 Å². The smallest absolute Gasteiger partial charge is 0.336 e. The lowest BCUT2D eigenvalue weighted by Crippen LogP contribution is -2.43. The average molecular weight is 532 g/mol. The van der Waals surface area contributed by atoms with Crippen LogP contribution in [0.3, 0.4) is 0 Å². The molecule has 1 atom stereocenters. The van der Waals surface area contributed by atoms with Gasteiger partial charge in [0.05, 0.1) is 22.9 Å². The van der Waals surface area contributed by atoms with Gasteiger partial charge in [-0.25, -0.2) is 0 Å². The number of nitrogens with zero attached hydrogens (tertiary/aromatic N) is 2. The second kappa shape index (κ2) is 9.33. The number of pyridine rings is 1. The number of alkyl halides is 6. The molecule has 5 rings (SSSR count). The van der Waals surface area contributed by atoms with Gasteiger partial charge in [-0.15, -0.1) is 0 Å². The number of hydrogen-bond acceptors (Lipinski definition) is 2.